The van der Waals surface area contributed by atoms with Crippen molar-refractivity contribution in [3.8, 4) is 0 Å². The standard InChI is InChI=1S/C12H23NO5S2/c1-17-7-6-13(11-5-8-19-10-11)20(15,16)9-3-4-12(14)18-2/h11H,3-10H2,1-2H3. The van der Waals surface area contributed by atoms with E-state index in [0.29, 0.717) is 19.6 Å². The summed E-state index contributed by atoms with van der Waals surface area (Å²) in [6.07, 6.45) is 1.30. The van der Waals surface area contributed by atoms with E-state index in [4.69, 9.17) is 4.74 Å². The van der Waals surface area contributed by atoms with E-state index in [-0.39, 0.29) is 24.2 Å². The minimum Gasteiger partial charge on any atom is -0.469 e. The lowest BCUT2D eigenvalue weighted by molar-refractivity contribution is -0.140. The van der Waals surface area contributed by atoms with Gasteiger partial charge in [-0.1, -0.05) is 0 Å². The molecule has 1 unspecified atom stereocenters. The third kappa shape index (κ3) is 5.59. The van der Waals surface area contributed by atoms with Crippen molar-refractivity contribution >= 4 is 27.8 Å². The number of hydrogen-bond donors (Lipinski definition) is 0. The van der Waals surface area contributed by atoms with Crippen LogP contribution < -0.4 is 0 Å². The van der Waals surface area contributed by atoms with Crippen molar-refractivity contribution < 1.29 is 22.7 Å². The second kappa shape index (κ2) is 8.86. The van der Waals surface area contributed by atoms with E-state index in [1.54, 1.807) is 23.2 Å². The number of carbonyl (C=O) groups excluding carboxylic acids is 1. The smallest absolute Gasteiger partial charge is 0.305 e. The molecule has 0 aromatic heterocycles. The Morgan fingerprint density at radius 1 is 1.40 bits per heavy atom. The zero-order valence-electron chi connectivity index (χ0n) is 12.0. The van der Waals surface area contributed by atoms with Crippen molar-refractivity contribution in [1.29, 1.82) is 0 Å². The minimum absolute atomic E-state index is 0.0209. The fourth-order valence-corrected chi connectivity index (χ4v) is 5.15. The Bertz CT molecular complexity index is 393. The third-order valence-electron chi connectivity index (χ3n) is 3.20. The Labute approximate surface area is 125 Å². The van der Waals surface area contributed by atoms with Gasteiger partial charge in [0, 0.05) is 31.9 Å². The fourth-order valence-electron chi connectivity index (χ4n) is 2.10. The molecule has 0 radical (unpaired) electrons. The Morgan fingerprint density at radius 2 is 2.15 bits per heavy atom. The Kier molecular flexibility index (Phi) is 7.86. The summed E-state index contributed by atoms with van der Waals surface area (Å²) >= 11 is 1.77. The second-order valence-corrected chi connectivity index (χ2v) is 7.81. The summed E-state index contributed by atoms with van der Waals surface area (Å²) in [5.41, 5.74) is 0. The van der Waals surface area contributed by atoms with Crippen LogP contribution in [0.4, 0.5) is 0 Å². The first-order valence-corrected chi connectivity index (χ1v) is 9.40. The molecule has 1 atom stereocenters. The lowest BCUT2D eigenvalue weighted by Crippen LogP contribution is -2.43. The van der Waals surface area contributed by atoms with E-state index in [1.165, 1.54) is 7.11 Å². The van der Waals surface area contributed by atoms with Crippen LogP contribution in [0.15, 0.2) is 0 Å². The largest absolute Gasteiger partial charge is 0.469 e. The molecule has 118 valence electrons. The van der Waals surface area contributed by atoms with Crippen LogP contribution in [-0.2, 0) is 24.3 Å². The van der Waals surface area contributed by atoms with Crippen LogP contribution in [0.2, 0.25) is 0 Å². The van der Waals surface area contributed by atoms with Gasteiger partial charge in [0.25, 0.3) is 0 Å². The summed E-state index contributed by atoms with van der Waals surface area (Å²) in [4.78, 5) is 11.0. The molecule has 20 heavy (non-hydrogen) atoms. The lowest BCUT2D eigenvalue weighted by atomic mass is 10.3. The van der Waals surface area contributed by atoms with Crippen LogP contribution in [0.3, 0.4) is 0 Å². The zero-order valence-corrected chi connectivity index (χ0v) is 13.7. The number of nitrogens with zero attached hydrogens (tertiary/aromatic N) is 1. The maximum atomic E-state index is 12.4. The van der Waals surface area contributed by atoms with E-state index in [0.717, 1.165) is 17.9 Å². The number of thioether (sulfide) groups is 1. The molecular formula is C12H23NO5S2. The molecular weight excluding hydrogens is 302 g/mol. The Morgan fingerprint density at radius 3 is 2.70 bits per heavy atom. The molecule has 1 fully saturated rings. The maximum absolute atomic E-state index is 12.4. The van der Waals surface area contributed by atoms with Crippen molar-refractivity contribution in [1.82, 2.24) is 4.31 Å². The van der Waals surface area contributed by atoms with Crippen molar-refractivity contribution in [2.45, 2.75) is 25.3 Å². The number of rotatable bonds is 9. The Hall–Kier alpha value is -0.310. The third-order valence-corrected chi connectivity index (χ3v) is 6.34. The number of sulfonamides is 1. The quantitative estimate of drug-likeness (QED) is 0.582. The lowest BCUT2D eigenvalue weighted by Gasteiger charge is -2.27. The van der Waals surface area contributed by atoms with Gasteiger partial charge in [0.15, 0.2) is 0 Å². The number of carbonyl (C=O) groups is 1. The van der Waals surface area contributed by atoms with Gasteiger partial charge in [0.2, 0.25) is 10.0 Å². The van der Waals surface area contributed by atoms with Gasteiger partial charge in [-0.3, -0.25) is 4.79 Å². The number of ether oxygens (including phenoxy) is 2. The maximum Gasteiger partial charge on any atom is 0.305 e. The average molecular weight is 325 g/mol. The predicted molar refractivity (Wildman–Crippen MR) is 79.3 cm³/mol. The van der Waals surface area contributed by atoms with Crippen LogP contribution in [0, 0.1) is 0 Å². The van der Waals surface area contributed by atoms with Gasteiger partial charge >= 0.3 is 5.97 Å². The van der Waals surface area contributed by atoms with Gasteiger partial charge in [-0.15, -0.1) is 0 Å². The van der Waals surface area contributed by atoms with Gasteiger partial charge in [-0.25, -0.2) is 8.42 Å². The highest BCUT2D eigenvalue weighted by Crippen LogP contribution is 2.25. The van der Waals surface area contributed by atoms with Crippen LogP contribution in [0.1, 0.15) is 19.3 Å². The predicted octanol–water partition coefficient (Wildman–Crippen LogP) is 0.723. The first kappa shape index (κ1) is 17.7. The summed E-state index contributed by atoms with van der Waals surface area (Å²) in [6.45, 7) is 0.764. The number of esters is 1. The molecule has 0 amide bonds. The van der Waals surface area contributed by atoms with Gasteiger partial charge in [-0.2, -0.15) is 16.1 Å². The molecule has 8 heteroatoms. The minimum atomic E-state index is -3.35. The number of methoxy groups -OCH3 is 2. The fraction of sp³-hybridized carbons (Fsp3) is 0.917. The molecule has 0 N–H and O–H groups in total. The normalized spacial score (nSPS) is 19.4. The first-order chi connectivity index (χ1) is 9.51. The molecule has 1 aliphatic heterocycles. The summed E-state index contributed by atoms with van der Waals surface area (Å²) in [5, 5.41) is 0. The summed E-state index contributed by atoms with van der Waals surface area (Å²) in [5.74, 6) is 1.43. The van der Waals surface area contributed by atoms with E-state index < -0.39 is 10.0 Å². The average Bonchev–Trinajstić information content (AvgIpc) is 2.92. The van der Waals surface area contributed by atoms with Crippen molar-refractivity contribution in [3.05, 3.63) is 0 Å². The van der Waals surface area contributed by atoms with Gasteiger partial charge in [-0.05, 0) is 18.6 Å². The van der Waals surface area contributed by atoms with E-state index in [1.807, 2.05) is 0 Å². The molecule has 0 saturated carbocycles. The zero-order chi connectivity index (χ0) is 15.0. The molecule has 6 nitrogen and oxygen atoms in total. The second-order valence-electron chi connectivity index (χ2n) is 4.62. The molecule has 0 spiro atoms. The van der Waals surface area contributed by atoms with Gasteiger partial charge < -0.3 is 9.47 Å². The highest BCUT2D eigenvalue weighted by molar-refractivity contribution is 7.99. The molecule has 1 saturated heterocycles. The highest BCUT2D eigenvalue weighted by atomic mass is 32.2. The van der Waals surface area contributed by atoms with Crippen molar-refractivity contribution in [2.24, 2.45) is 0 Å². The van der Waals surface area contributed by atoms with E-state index >= 15 is 0 Å². The van der Waals surface area contributed by atoms with Gasteiger partial charge in [0.1, 0.15) is 0 Å². The van der Waals surface area contributed by atoms with Crippen LogP contribution in [0.25, 0.3) is 0 Å². The first-order valence-electron chi connectivity index (χ1n) is 6.64. The van der Waals surface area contributed by atoms with Gasteiger partial charge in [0.05, 0.1) is 19.5 Å². The molecule has 0 aromatic carbocycles. The molecule has 1 aliphatic rings. The topological polar surface area (TPSA) is 72.9 Å². The highest BCUT2D eigenvalue weighted by Gasteiger charge is 2.31. The van der Waals surface area contributed by atoms with Crippen molar-refractivity contribution in [2.75, 3.05) is 44.6 Å². The summed E-state index contributed by atoms with van der Waals surface area (Å²) in [7, 11) is -0.486. The van der Waals surface area contributed by atoms with Crippen LogP contribution in [0.5, 0.6) is 0 Å². The number of hydrogen-bond acceptors (Lipinski definition) is 6. The SMILES string of the molecule is COCCN(C1CCSC1)S(=O)(=O)CCCC(=O)OC. The Balaban J connectivity index is 2.59. The van der Waals surface area contributed by atoms with Crippen LogP contribution >= 0.6 is 11.8 Å². The molecule has 0 aromatic rings. The summed E-state index contributed by atoms with van der Waals surface area (Å²) in [6, 6.07) is 0.0540. The van der Waals surface area contributed by atoms with E-state index in [9.17, 15) is 13.2 Å². The molecule has 1 heterocycles. The van der Waals surface area contributed by atoms with E-state index in [2.05, 4.69) is 4.74 Å². The molecule has 0 aliphatic carbocycles. The van der Waals surface area contributed by atoms with Crippen molar-refractivity contribution in [3.63, 3.8) is 0 Å². The monoisotopic (exact) mass is 325 g/mol. The molecule has 1 rings (SSSR count). The summed E-state index contributed by atoms with van der Waals surface area (Å²) < 4.78 is 35.9. The molecule has 0 bridgehead atoms. The van der Waals surface area contributed by atoms with Crippen LogP contribution in [-0.4, -0.2) is 69.4 Å².